The monoisotopic (exact) mass is 610 g/mol. The van der Waals surface area contributed by atoms with Gasteiger partial charge in [0.2, 0.25) is 0 Å². The minimum absolute atomic E-state index is 0.0823. The molecule has 0 saturated carbocycles. The number of fused-ring (bicyclic) bond motifs is 5. The van der Waals surface area contributed by atoms with Gasteiger partial charge >= 0.3 is 0 Å². The van der Waals surface area contributed by atoms with Gasteiger partial charge in [-0.1, -0.05) is 84.9 Å². The molecule has 0 unspecified atom stereocenters. The number of nitriles is 1. The van der Waals surface area contributed by atoms with Crippen molar-refractivity contribution < 1.29 is 8.78 Å². The van der Waals surface area contributed by atoms with E-state index in [0.29, 0.717) is 22.3 Å². The second kappa shape index (κ2) is 11.0. The quantitative estimate of drug-likeness (QED) is 0.147. The average Bonchev–Trinajstić information content (AvgIpc) is 3.57. The molecule has 0 spiro atoms. The molecule has 0 fully saturated rings. The molecular formula is C39H20F2N6. The van der Waals surface area contributed by atoms with Gasteiger partial charge in [-0.3, -0.25) is 0 Å². The fourth-order valence-electron chi connectivity index (χ4n) is 6.03. The van der Waals surface area contributed by atoms with Gasteiger partial charge in [-0.05, 0) is 53.1 Å². The van der Waals surface area contributed by atoms with E-state index in [2.05, 4.69) is 4.85 Å². The first-order valence-electron chi connectivity index (χ1n) is 14.7. The summed E-state index contributed by atoms with van der Waals surface area (Å²) in [5.74, 6) is -1.61. The fourth-order valence-corrected chi connectivity index (χ4v) is 6.03. The van der Waals surface area contributed by atoms with E-state index in [9.17, 15) is 8.78 Å². The Balaban J connectivity index is 1.42. The standard InChI is InChI=1S/C39H20F2N6/c1-43-27-17-15-26(16-18-27)37-31-21-30(24-11-13-25(14-12-24)35-32(40)19-23(22-42)20-33(35)41)38-39(36(31)29-9-5-6-10-34(29)44-37)46-47(45-38)28-7-3-2-4-8-28/h2-21H. The predicted octanol–water partition coefficient (Wildman–Crippen LogP) is 9.82. The van der Waals surface area contributed by atoms with Crippen LogP contribution in [0.4, 0.5) is 14.5 Å². The van der Waals surface area contributed by atoms with Crippen molar-refractivity contribution in [2.75, 3.05) is 0 Å². The number of benzene rings is 6. The molecule has 0 bridgehead atoms. The van der Waals surface area contributed by atoms with Crippen LogP contribution in [0.25, 0.3) is 76.8 Å². The molecule has 0 aliphatic heterocycles. The normalized spacial score (nSPS) is 11.1. The smallest absolute Gasteiger partial charge is 0.187 e. The predicted molar refractivity (Wildman–Crippen MR) is 179 cm³/mol. The van der Waals surface area contributed by atoms with Crippen LogP contribution in [0.1, 0.15) is 5.56 Å². The molecule has 8 aromatic rings. The van der Waals surface area contributed by atoms with Crippen LogP contribution in [-0.4, -0.2) is 20.0 Å². The molecule has 0 amide bonds. The summed E-state index contributed by atoms with van der Waals surface area (Å²) < 4.78 is 29.8. The minimum Gasteiger partial charge on any atom is -0.247 e. The van der Waals surface area contributed by atoms with E-state index in [-0.39, 0.29) is 11.1 Å². The van der Waals surface area contributed by atoms with Crippen LogP contribution in [0.15, 0.2) is 121 Å². The third-order valence-electron chi connectivity index (χ3n) is 8.24. The number of pyridine rings is 1. The van der Waals surface area contributed by atoms with Gasteiger partial charge in [0.15, 0.2) is 5.69 Å². The van der Waals surface area contributed by atoms with Crippen molar-refractivity contribution in [3.63, 3.8) is 0 Å². The zero-order valence-corrected chi connectivity index (χ0v) is 24.5. The van der Waals surface area contributed by atoms with E-state index < -0.39 is 11.6 Å². The molecule has 0 atom stereocenters. The Hall–Kier alpha value is -6.77. The number of hydrogen-bond acceptors (Lipinski definition) is 4. The molecule has 0 N–H and O–H groups in total. The molecular weight excluding hydrogens is 590 g/mol. The number of para-hydroxylation sites is 2. The van der Waals surface area contributed by atoms with Crippen molar-refractivity contribution in [3.05, 3.63) is 150 Å². The van der Waals surface area contributed by atoms with E-state index in [4.69, 9.17) is 27.0 Å². The van der Waals surface area contributed by atoms with Crippen LogP contribution >= 0.6 is 0 Å². The van der Waals surface area contributed by atoms with Gasteiger partial charge in [0, 0.05) is 21.7 Å². The average molecular weight is 611 g/mol. The Morgan fingerprint density at radius 1 is 0.681 bits per heavy atom. The van der Waals surface area contributed by atoms with Crippen molar-refractivity contribution in [2.24, 2.45) is 0 Å². The Morgan fingerprint density at radius 3 is 2.02 bits per heavy atom. The molecule has 8 heteroatoms. The van der Waals surface area contributed by atoms with Gasteiger partial charge < -0.3 is 0 Å². The van der Waals surface area contributed by atoms with Crippen molar-refractivity contribution in [3.8, 4) is 45.3 Å². The molecule has 2 aromatic heterocycles. The zero-order chi connectivity index (χ0) is 32.1. The molecule has 220 valence electrons. The molecule has 6 nitrogen and oxygen atoms in total. The van der Waals surface area contributed by atoms with E-state index in [1.807, 2.05) is 72.8 Å². The molecule has 47 heavy (non-hydrogen) atoms. The van der Waals surface area contributed by atoms with Crippen LogP contribution in [-0.2, 0) is 0 Å². The Bertz CT molecular complexity index is 2570. The Kier molecular flexibility index (Phi) is 6.49. The van der Waals surface area contributed by atoms with E-state index in [0.717, 1.165) is 61.9 Å². The first-order valence-corrected chi connectivity index (χ1v) is 14.7. The van der Waals surface area contributed by atoms with Gasteiger partial charge in [0.1, 0.15) is 22.7 Å². The SMILES string of the molecule is [C-]#[N+]c1ccc(-c2nc3ccccc3c3c2cc(-c2ccc(-c4c(F)cc(C#N)cc4F)cc2)c2nn(-c4ccccc4)nc23)cc1. The Labute approximate surface area is 267 Å². The van der Waals surface area contributed by atoms with Crippen LogP contribution in [0.5, 0.6) is 0 Å². The second-order valence-corrected chi connectivity index (χ2v) is 11.0. The van der Waals surface area contributed by atoms with Crippen molar-refractivity contribution >= 4 is 38.4 Å². The zero-order valence-electron chi connectivity index (χ0n) is 24.5. The summed E-state index contributed by atoms with van der Waals surface area (Å²) in [6, 6.07) is 37.7. The Morgan fingerprint density at radius 2 is 1.32 bits per heavy atom. The maximum atomic E-state index is 14.9. The first-order chi connectivity index (χ1) is 23.0. The van der Waals surface area contributed by atoms with Gasteiger partial charge in [-0.15, -0.1) is 10.2 Å². The summed E-state index contributed by atoms with van der Waals surface area (Å²) in [6.07, 6.45) is 0. The summed E-state index contributed by atoms with van der Waals surface area (Å²) in [5.41, 5.74) is 6.59. The summed E-state index contributed by atoms with van der Waals surface area (Å²) in [7, 11) is 0. The van der Waals surface area contributed by atoms with Crippen molar-refractivity contribution in [1.82, 2.24) is 20.0 Å². The maximum Gasteiger partial charge on any atom is 0.187 e. The van der Waals surface area contributed by atoms with E-state index in [1.54, 1.807) is 47.3 Å². The van der Waals surface area contributed by atoms with Crippen LogP contribution in [0.3, 0.4) is 0 Å². The molecule has 8 rings (SSSR count). The van der Waals surface area contributed by atoms with Gasteiger partial charge in [0.05, 0.1) is 40.7 Å². The van der Waals surface area contributed by atoms with E-state index >= 15 is 0 Å². The summed E-state index contributed by atoms with van der Waals surface area (Å²) in [5, 5.41) is 21.8. The molecule has 6 aromatic carbocycles. The number of halogens is 2. The largest absolute Gasteiger partial charge is 0.247 e. The molecule has 0 aliphatic carbocycles. The maximum absolute atomic E-state index is 14.9. The molecule has 0 saturated heterocycles. The van der Waals surface area contributed by atoms with Crippen LogP contribution < -0.4 is 0 Å². The van der Waals surface area contributed by atoms with Gasteiger partial charge in [-0.2, -0.15) is 10.1 Å². The highest BCUT2D eigenvalue weighted by atomic mass is 19.1. The van der Waals surface area contributed by atoms with E-state index in [1.165, 1.54) is 0 Å². The van der Waals surface area contributed by atoms with Crippen molar-refractivity contribution in [1.29, 1.82) is 5.26 Å². The first kappa shape index (κ1) is 27.8. The lowest BCUT2D eigenvalue weighted by Crippen LogP contribution is -1.97. The third kappa shape index (κ3) is 4.64. The van der Waals surface area contributed by atoms with Gasteiger partial charge in [0.25, 0.3) is 0 Å². The lowest BCUT2D eigenvalue weighted by Gasteiger charge is -2.13. The topological polar surface area (TPSA) is 71.8 Å². The summed E-state index contributed by atoms with van der Waals surface area (Å²) in [6.45, 7) is 7.39. The number of nitrogens with zero attached hydrogens (tertiary/aromatic N) is 6. The summed E-state index contributed by atoms with van der Waals surface area (Å²) in [4.78, 5) is 10.2. The highest BCUT2D eigenvalue weighted by Crippen LogP contribution is 2.41. The highest BCUT2D eigenvalue weighted by Gasteiger charge is 2.21. The second-order valence-electron chi connectivity index (χ2n) is 11.0. The summed E-state index contributed by atoms with van der Waals surface area (Å²) >= 11 is 0. The molecule has 0 radical (unpaired) electrons. The molecule has 2 heterocycles. The lowest BCUT2D eigenvalue weighted by molar-refractivity contribution is 0.589. The lowest BCUT2D eigenvalue weighted by atomic mass is 9.93. The highest BCUT2D eigenvalue weighted by molar-refractivity contribution is 6.23. The number of hydrogen-bond donors (Lipinski definition) is 0. The van der Waals surface area contributed by atoms with Crippen LogP contribution in [0.2, 0.25) is 0 Å². The number of rotatable bonds is 4. The number of aromatic nitrogens is 4. The minimum atomic E-state index is -0.806. The fraction of sp³-hybridized carbons (Fsp3) is 0. The van der Waals surface area contributed by atoms with Crippen LogP contribution in [0, 0.1) is 29.5 Å². The van der Waals surface area contributed by atoms with Crippen molar-refractivity contribution in [2.45, 2.75) is 0 Å². The third-order valence-corrected chi connectivity index (χ3v) is 8.24. The molecule has 0 aliphatic rings. The van der Waals surface area contributed by atoms with Gasteiger partial charge in [-0.25, -0.2) is 18.6 Å².